The molecule has 0 N–H and O–H groups in total. The van der Waals surface area contributed by atoms with Gasteiger partial charge in [0.25, 0.3) is 0 Å². The zero-order chi connectivity index (χ0) is 23.1. The van der Waals surface area contributed by atoms with Crippen molar-refractivity contribution in [1.82, 2.24) is 4.98 Å². The Hall–Kier alpha value is -3.53. The molecule has 2 nitrogen and oxygen atoms in total. The summed E-state index contributed by atoms with van der Waals surface area (Å²) in [7, 11) is 0. The molecular formula is C30H25F2NO. The first-order chi connectivity index (χ1) is 16.7. The second kappa shape index (κ2) is 8.68. The van der Waals surface area contributed by atoms with Crippen LogP contribution in [0.3, 0.4) is 0 Å². The molecule has 4 heteroatoms. The second-order valence-electron chi connectivity index (χ2n) is 9.38. The molecule has 1 saturated carbocycles. The van der Waals surface area contributed by atoms with Crippen molar-refractivity contribution in [3.63, 3.8) is 0 Å². The molecule has 5 aromatic rings. The number of aromatic nitrogens is 1. The number of hydrogen-bond donors (Lipinski definition) is 0. The third-order valence-corrected chi connectivity index (χ3v) is 7.09. The number of nitrogens with zero attached hydrogens (tertiary/aromatic N) is 1. The van der Waals surface area contributed by atoms with Gasteiger partial charge in [0.2, 0.25) is 0 Å². The SMILES string of the molecule is Fc1ccc(F)c(-c2ccc3c(c2)oc2c(-c4cc(CC5CCCCC5)ccn4)cccc23)c1. The van der Waals surface area contributed by atoms with Gasteiger partial charge in [0.1, 0.15) is 22.8 Å². The van der Waals surface area contributed by atoms with Crippen molar-refractivity contribution >= 4 is 21.9 Å². The van der Waals surface area contributed by atoms with Gasteiger partial charge in [-0.15, -0.1) is 0 Å². The van der Waals surface area contributed by atoms with Crippen molar-refractivity contribution < 1.29 is 13.2 Å². The van der Waals surface area contributed by atoms with E-state index < -0.39 is 11.6 Å². The van der Waals surface area contributed by atoms with Gasteiger partial charge < -0.3 is 4.42 Å². The number of para-hydroxylation sites is 1. The van der Waals surface area contributed by atoms with E-state index in [1.165, 1.54) is 43.7 Å². The zero-order valence-corrected chi connectivity index (χ0v) is 18.9. The Kier molecular flexibility index (Phi) is 5.37. The summed E-state index contributed by atoms with van der Waals surface area (Å²) in [4.78, 5) is 4.66. The molecule has 1 aliphatic rings. The Labute approximate surface area is 197 Å². The molecule has 2 aromatic heterocycles. The molecule has 1 aliphatic carbocycles. The van der Waals surface area contributed by atoms with Crippen LogP contribution in [0.1, 0.15) is 37.7 Å². The first-order valence-electron chi connectivity index (χ1n) is 12.0. The minimum Gasteiger partial charge on any atom is -0.455 e. The molecule has 170 valence electrons. The lowest BCUT2D eigenvalue weighted by atomic mass is 9.85. The number of fused-ring (bicyclic) bond motifs is 3. The second-order valence-corrected chi connectivity index (χ2v) is 9.38. The topological polar surface area (TPSA) is 26.0 Å². The molecule has 0 atom stereocenters. The fourth-order valence-electron chi connectivity index (χ4n) is 5.36. The Morgan fingerprint density at radius 2 is 1.71 bits per heavy atom. The molecule has 0 amide bonds. The van der Waals surface area contributed by atoms with Crippen LogP contribution in [0.5, 0.6) is 0 Å². The highest BCUT2D eigenvalue weighted by molar-refractivity contribution is 6.10. The van der Waals surface area contributed by atoms with Gasteiger partial charge in [-0.25, -0.2) is 8.78 Å². The molecule has 34 heavy (non-hydrogen) atoms. The fourth-order valence-corrected chi connectivity index (χ4v) is 5.36. The van der Waals surface area contributed by atoms with Crippen LogP contribution in [-0.4, -0.2) is 4.98 Å². The van der Waals surface area contributed by atoms with Gasteiger partial charge in [0.05, 0.1) is 5.69 Å². The van der Waals surface area contributed by atoms with Crippen molar-refractivity contribution in [2.75, 3.05) is 0 Å². The van der Waals surface area contributed by atoms with E-state index >= 15 is 0 Å². The van der Waals surface area contributed by atoms with E-state index in [9.17, 15) is 8.78 Å². The highest BCUT2D eigenvalue weighted by Gasteiger charge is 2.17. The van der Waals surface area contributed by atoms with E-state index in [2.05, 4.69) is 17.1 Å². The predicted molar refractivity (Wildman–Crippen MR) is 133 cm³/mol. The van der Waals surface area contributed by atoms with Crippen molar-refractivity contribution in [3.05, 3.63) is 90.1 Å². The number of pyridine rings is 1. The smallest absolute Gasteiger partial charge is 0.144 e. The molecule has 0 bridgehead atoms. The molecule has 0 spiro atoms. The molecule has 0 aliphatic heterocycles. The van der Waals surface area contributed by atoms with Gasteiger partial charge in [-0.3, -0.25) is 4.98 Å². The summed E-state index contributed by atoms with van der Waals surface area (Å²) < 4.78 is 34.4. The highest BCUT2D eigenvalue weighted by atomic mass is 19.1. The van der Waals surface area contributed by atoms with Crippen molar-refractivity contribution in [3.8, 4) is 22.4 Å². The quantitative estimate of drug-likeness (QED) is 0.272. The maximum atomic E-state index is 14.3. The van der Waals surface area contributed by atoms with Crippen LogP contribution in [0.2, 0.25) is 0 Å². The van der Waals surface area contributed by atoms with E-state index in [-0.39, 0.29) is 5.56 Å². The first kappa shape index (κ1) is 21.0. The summed E-state index contributed by atoms with van der Waals surface area (Å²) in [5.41, 5.74) is 5.36. The van der Waals surface area contributed by atoms with Crippen LogP contribution in [-0.2, 0) is 6.42 Å². The molecule has 2 heterocycles. The summed E-state index contributed by atoms with van der Waals surface area (Å²) in [6.45, 7) is 0. The van der Waals surface area contributed by atoms with E-state index in [0.29, 0.717) is 11.1 Å². The van der Waals surface area contributed by atoms with Crippen molar-refractivity contribution in [2.24, 2.45) is 5.92 Å². The van der Waals surface area contributed by atoms with Crippen LogP contribution >= 0.6 is 0 Å². The zero-order valence-electron chi connectivity index (χ0n) is 18.9. The third kappa shape index (κ3) is 3.87. The molecular weight excluding hydrogens is 428 g/mol. The first-order valence-corrected chi connectivity index (χ1v) is 12.0. The lowest BCUT2D eigenvalue weighted by Crippen LogP contribution is -2.09. The lowest BCUT2D eigenvalue weighted by molar-refractivity contribution is 0.356. The summed E-state index contributed by atoms with van der Waals surface area (Å²) in [5, 5.41) is 1.93. The van der Waals surface area contributed by atoms with Crippen molar-refractivity contribution in [1.29, 1.82) is 0 Å². The normalized spacial score (nSPS) is 14.8. The standard InChI is InChI=1S/C30H25F2NO/c31-22-10-12-27(32)26(18-22)21-9-11-23-24-7-4-8-25(30(24)34-29(23)17-21)28-16-20(13-14-33-28)15-19-5-2-1-3-6-19/h4,7-14,16-19H,1-3,5-6,15H2. The third-order valence-electron chi connectivity index (χ3n) is 7.09. The Bertz CT molecular complexity index is 1500. The van der Waals surface area contributed by atoms with Gasteiger partial charge in [0, 0.05) is 28.1 Å². The summed E-state index contributed by atoms with van der Waals surface area (Å²) in [5.74, 6) is -0.174. The Morgan fingerprint density at radius 3 is 2.59 bits per heavy atom. The number of hydrogen-bond acceptors (Lipinski definition) is 2. The van der Waals surface area contributed by atoms with Gasteiger partial charge >= 0.3 is 0 Å². The van der Waals surface area contributed by atoms with Crippen molar-refractivity contribution in [2.45, 2.75) is 38.5 Å². The van der Waals surface area contributed by atoms with Gasteiger partial charge in [-0.2, -0.15) is 0 Å². The van der Waals surface area contributed by atoms with E-state index in [4.69, 9.17) is 4.42 Å². The summed E-state index contributed by atoms with van der Waals surface area (Å²) in [6.07, 6.45) is 9.63. The molecule has 0 saturated heterocycles. The monoisotopic (exact) mass is 453 g/mol. The molecule has 3 aromatic carbocycles. The average molecular weight is 454 g/mol. The van der Waals surface area contributed by atoms with E-state index in [1.54, 1.807) is 6.07 Å². The number of halogens is 2. The van der Waals surface area contributed by atoms with Gasteiger partial charge in [-0.1, -0.05) is 50.3 Å². The maximum Gasteiger partial charge on any atom is 0.144 e. The summed E-state index contributed by atoms with van der Waals surface area (Å²) >= 11 is 0. The largest absolute Gasteiger partial charge is 0.455 e. The average Bonchev–Trinajstić information content (AvgIpc) is 3.24. The number of benzene rings is 3. The minimum absolute atomic E-state index is 0.222. The molecule has 1 fully saturated rings. The Morgan fingerprint density at radius 1 is 0.824 bits per heavy atom. The maximum absolute atomic E-state index is 14.3. The van der Waals surface area contributed by atoms with Crippen LogP contribution in [0.4, 0.5) is 8.78 Å². The minimum atomic E-state index is -0.470. The molecule has 0 radical (unpaired) electrons. The molecule has 6 rings (SSSR count). The fraction of sp³-hybridized carbons (Fsp3) is 0.233. The van der Waals surface area contributed by atoms with Crippen LogP contribution in [0, 0.1) is 17.6 Å². The van der Waals surface area contributed by atoms with Gasteiger partial charge in [-0.05, 0) is 72.0 Å². The lowest BCUT2D eigenvalue weighted by Gasteiger charge is -2.21. The molecule has 0 unspecified atom stereocenters. The highest BCUT2D eigenvalue weighted by Crippen LogP contribution is 2.38. The van der Waals surface area contributed by atoms with Gasteiger partial charge in [0.15, 0.2) is 0 Å². The predicted octanol–water partition coefficient (Wildman–Crippen LogP) is 8.72. The van der Waals surface area contributed by atoms with Crippen LogP contribution in [0.25, 0.3) is 44.3 Å². The number of rotatable bonds is 4. The summed E-state index contributed by atoms with van der Waals surface area (Å²) in [6, 6.07) is 19.4. The van der Waals surface area contributed by atoms with Crippen LogP contribution < -0.4 is 0 Å². The number of furan rings is 1. The van der Waals surface area contributed by atoms with Crippen LogP contribution in [0.15, 0.2) is 77.3 Å². The van der Waals surface area contributed by atoms with E-state index in [0.717, 1.165) is 52.1 Å². The Balaban J connectivity index is 1.41. The van der Waals surface area contributed by atoms with E-state index in [1.807, 2.05) is 36.5 Å².